The Morgan fingerprint density at radius 1 is 1.12 bits per heavy atom. The highest BCUT2D eigenvalue weighted by Crippen LogP contribution is 2.42. The quantitative estimate of drug-likeness (QED) is 0.524. The summed E-state index contributed by atoms with van der Waals surface area (Å²) < 4.78 is 16.3. The first-order valence-corrected chi connectivity index (χ1v) is 11.4. The molecule has 0 spiro atoms. The van der Waals surface area contributed by atoms with Crippen molar-refractivity contribution >= 4 is 29.1 Å². The molecule has 2 fully saturated rings. The molecule has 3 aromatic heterocycles. The van der Waals surface area contributed by atoms with Gasteiger partial charge in [0.25, 0.3) is 0 Å². The smallest absolute Gasteiger partial charge is 0.230 e. The van der Waals surface area contributed by atoms with Gasteiger partial charge >= 0.3 is 0 Å². The number of hydrogen-bond donors (Lipinski definition) is 3. The van der Waals surface area contributed by atoms with E-state index in [4.69, 9.17) is 4.98 Å². The zero-order valence-electron chi connectivity index (χ0n) is 19.5. The van der Waals surface area contributed by atoms with Crippen LogP contribution >= 0.6 is 0 Å². The average Bonchev–Trinajstić information content (AvgIpc) is 3.56. The Morgan fingerprint density at radius 2 is 1.94 bits per heavy atom. The van der Waals surface area contributed by atoms with E-state index in [0.29, 0.717) is 29.3 Å². The summed E-state index contributed by atoms with van der Waals surface area (Å²) in [6.45, 7) is 8.47. The van der Waals surface area contributed by atoms with E-state index in [1.165, 1.54) is 0 Å². The molecule has 1 aliphatic heterocycles. The number of hydrogen-bond acceptors (Lipinski definition) is 8. The maximum Gasteiger partial charge on any atom is 0.230 e. The largest absolute Gasteiger partial charge is 0.364 e. The van der Waals surface area contributed by atoms with Crippen LogP contribution in [-0.4, -0.2) is 50.4 Å². The van der Waals surface area contributed by atoms with Crippen LogP contribution in [0.15, 0.2) is 18.3 Å². The molecule has 174 valence electrons. The summed E-state index contributed by atoms with van der Waals surface area (Å²) in [4.78, 5) is 16.0. The minimum Gasteiger partial charge on any atom is -0.364 e. The van der Waals surface area contributed by atoms with Gasteiger partial charge in [0.15, 0.2) is 11.6 Å². The van der Waals surface area contributed by atoms with E-state index in [1.54, 1.807) is 13.0 Å². The molecule has 3 aromatic rings. The van der Waals surface area contributed by atoms with E-state index in [0.717, 1.165) is 55.2 Å². The molecular weight excluding hydrogens is 421 g/mol. The van der Waals surface area contributed by atoms with Gasteiger partial charge in [-0.1, -0.05) is 0 Å². The van der Waals surface area contributed by atoms with Crippen molar-refractivity contribution < 1.29 is 4.39 Å². The minimum absolute atomic E-state index is 0.208. The molecule has 0 amide bonds. The Balaban J connectivity index is 1.47. The summed E-state index contributed by atoms with van der Waals surface area (Å²) in [6.07, 6.45) is 3.86. The highest BCUT2D eigenvalue weighted by Gasteiger charge is 2.28. The fourth-order valence-corrected chi connectivity index (χ4v) is 4.20. The van der Waals surface area contributed by atoms with Crippen molar-refractivity contribution in [2.45, 2.75) is 45.6 Å². The lowest BCUT2D eigenvalue weighted by Gasteiger charge is -2.34. The molecule has 3 N–H and O–H groups in total. The SMILES string of the molecule is Cc1nc(Nc2ncc(N3CCNC(C)C3)c(Nc3cc(C)n(C)n3)n2)cc(C2CC2)c1F. The number of piperazine rings is 1. The Bertz CT molecular complexity index is 1150. The minimum atomic E-state index is -0.208. The van der Waals surface area contributed by atoms with Crippen LogP contribution in [-0.2, 0) is 7.05 Å². The first kappa shape index (κ1) is 21.6. The molecule has 0 bridgehead atoms. The van der Waals surface area contributed by atoms with Gasteiger partial charge in [-0.05, 0) is 51.2 Å². The van der Waals surface area contributed by atoms with Crippen LogP contribution in [0.25, 0.3) is 0 Å². The number of aromatic nitrogens is 5. The molecule has 1 atom stereocenters. The number of nitrogens with zero attached hydrogens (tertiary/aromatic N) is 6. The van der Waals surface area contributed by atoms with Crippen LogP contribution in [0, 0.1) is 19.7 Å². The molecule has 0 aromatic carbocycles. The summed E-state index contributed by atoms with van der Waals surface area (Å²) in [5, 5.41) is 14.5. The second-order valence-electron chi connectivity index (χ2n) is 9.04. The third-order valence-electron chi connectivity index (χ3n) is 6.25. The highest BCUT2D eigenvalue weighted by molar-refractivity contribution is 5.72. The molecule has 2 aliphatic rings. The summed E-state index contributed by atoms with van der Waals surface area (Å²) in [6, 6.07) is 4.13. The topological polar surface area (TPSA) is 95.8 Å². The zero-order valence-corrected chi connectivity index (χ0v) is 19.5. The van der Waals surface area contributed by atoms with Gasteiger partial charge in [-0.2, -0.15) is 10.1 Å². The number of aryl methyl sites for hydroxylation is 3. The predicted molar refractivity (Wildman–Crippen MR) is 127 cm³/mol. The van der Waals surface area contributed by atoms with Crippen LogP contribution in [0.3, 0.4) is 0 Å². The molecule has 4 heterocycles. The monoisotopic (exact) mass is 451 g/mol. The molecule has 5 rings (SSSR count). The first-order valence-electron chi connectivity index (χ1n) is 11.4. The fourth-order valence-electron chi connectivity index (χ4n) is 4.20. The number of nitrogens with one attached hydrogen (secondary N) is 3. The van der Waals surface area contributed by atoms with Crippen LogP contribution in [0.5, 0.6) is 0 Å². The van der Waals surface area contributed by atoms with Crippen molar-refractivity contribution in [3.8, 4) is 0 Å². The number of rotatable bonds is 6. The van der Waals surface area contributed by atoms with Crippen molar-refractivity contribution in [3.63, 3.8) is 0 Å². The van der Waals surface area contributed by atoms with E-state index in [1.807, 2.05) is 30.9 Å². The van der Waals surface area contributed by atoms with Crippen LogP contribution in [0.4, 0.5) is 33.5 Å². The maximum atomic E-state index is 14.5. The fraction of sp³-hybridized carbons (Fsp3) is 0.478. The van der Waals surface area contributed by atoms with E-state index in [-0.39, 0.29) is 11.7 Å². The standard InChI is InChI=1S/C23H30FN9/c1-13-12-33(8-7-25-13)18-11-26-23(30-22(18)28-20-9-14(2)32(4)31-20)29-19-10-17(16-5-6-16)21(24)15(3)27-19/h9-11,13,16,25H,5-8,12H2,1-4H3,(H2,26,27,28,29,30,31). The lowest BCUT2D eigenvalue weighted by atomic mass is 10.1. The average molecular weight is 452 g/mol. The normalized spacial score (nSPS) is 18.5. The number of pyridine rings is 1. The van der Waals surface area contributed by atoms with Crippen molar-refractivity contribution in [1.29, 1.82) is 0 Å². The van der Waals surface area contributed by atoms with Gasteiger partial charge in [0, 0.05) is 44.5 Å². The lowest BCUT2D eigenvalue weighted by molar-refractivity contribution is 0.484. The van der Waals surface area contributed by atoms with Crippen molar-refractivity contribution in [2.24, 2.45) is 7.05 Å². The summed E-state index contributed by atoms with van der Waals surface area (Å²) in [5.74, 6) is 2.42. The molecule has 1 unspecified atom stereocenters. The van der Waals surface area contributed by atoms with Crippen LogP contribution in [0.1, 0.15) is 42.6 Å². The second-order valence-corrected chi connectivity index (χ2v) is 9.04. The predicted octanol–water partition coefficient (Wildman–Crippen LogP) is 3.52. The van der Waals surface area contributed by atoms with Gasteiger partial charge in [0.1, 0.15) is 11.6 Å². The Hall–Kier alpha value is -3.27. The van der Waals surface area contributed by atoms with E-state index in [9.17, 15) is 4.39 Å². The van der Waals surface area contributed by atoms with Gasteiger partial charge in [-0.3, -0.25) is 4.68 Å². The van der Waals surface area contributed by atoms with Gasteiger partial charge in [0.05, 0.1) is 17.6 Å². The molecule has 10 heteroatoms. The Kier molecular flexibility index (Phi) is 5.61. The third kappa shape index (κ3) is 4.61. The third-order valence-corrected chi connectivity index (χ3v) is 6.25. The van der Waals surface area contributed by atoms with Gasteiger partial charge in [-0.25, -0.2) is 14.4 Å². The second kappa shape index (κ2) is 8.58. The van der Waals surface area contributed by atoms with Gasteiger partial charge in [-0.15, -0.1) is 0 Å². The number of halogens is 1. The number of anilines is 5. The highest BCUT2D eigenvalue weighted by atomic mass is 19.1. The summed E-state index contributed by atoms with van der Waals surface area (Å²) in [7, 11) is 1.91. The van der Waals surface area contributed by atoms with Gasteiger partial charge < -0.3 is 20.9 Å². The summed E-state index contributed by atoms with van der Waals surface area (Å²) in [5.41, 5.74) is 3.06. The molecule has 1 saturated carbocycles. The van der Waals surface area contributed by atoms with E-state index >= 15 is 0 Å². The lowest BCUT2D eigenvalue weighted by Crippen LogP contribution is -2.49. The molecule has 33 heavy (non-hydrogen) atoms. The molecular formula is C23H30FN9. The molecule has 1 saturated heterocycles. The Morgan fingerprint density at radius 3 is 2.64 bits per heavy atom. The van der Waals surface area contributed by atoms with Gasteiger partial charge in [0.2, 0.25) is 5.95 Å². The van der Waals surface area contributed by atoms with Crippen molar-refractivity contribution in [2.75, 3.05) is 35.2 Å². The van der Waals surface area contributed by atoms with Crippen molar-refractivity contribution in [1.82, 2.24) is 30.0 Å². The molecule has 0 radical (unpaired) electrons. The first-order chi connectivity index (χ1) is 15.9. The van der Waals surface area contributed by atoms with Crippen LogP contribution in [0.2, 0.25) is 0 Å². The molecule has 1 aliphatic carbocycles. The van der Waals surface area contributed by atoms with E-state index in [2.05, 4.69) is 42.8 Å². The van der Waals surface area contributed by atoms with E-state index < -0.39 is 0 Å². The molecule has 9 nitrogen and oxygen atoms in total. The van der Waals surface area contributed by atoms with Crippen molar-refractivity contribution in [3.05, 3.63) is 41.1 Å². The maximum absolute atomic E-state index is 14.5. The Labute approximate surface area is 192 Å². The van der Waals surface area contributed by atoms with Crippen LogP contribution < -0.4 is 20.9 Å². The zero-order chi connectivity index (χ0) is 23.1. The summed E-state index contributed by atoms with van der Waals surface area (Å²) >= 11 is 0.